The summed E-state index contributed by atoms with van der Waals surface area (Å²) in [5.74, 6) is 0.793. The number of amides is 1. The highest BCUT2D eigenvalue weighted by molar-refractivity contribution is 6.05. The van der Waals surface area contributed by atoms with Crippen molar-refractivity contribution in [3.05, 3.63) is 78.6 Å². The van der Waals surface area contributed by atoms with E-state index in [1.807, 2.05) is 48.5 Å². The number of pyridine rings is 1. The maximum Gasteiger partial charge on any atom is 0.270 e. The molecule has 1 amide bonds. The smallest absolute Gasteiger partial charge is 0.270 e. The quantitative estimate of drug-likeness (QED) is 0.545. The lowest BCUT2D eigenvalue weighted by Gasteiger charge is -2.33. The molecule has 4 aromatic rings. The van der Waals surface area contributed by atoms with Gasteiger partial charge in [-0.2, -0.15) is 5.10 Å². The van der Waals surface area contributed by atoms with Crippen LogP contribution in [0, 0.1) is 0 Å². The molecule has 1 saturated heterocycles. The maximum absolute atomic E-state index is 12.9. The van der Waals surface area contributed by atoms with Crippen LogP contribution in [-0.4, -0.2) is 40.2 Å². The minimum Gasteiger partial charge on any atom is -0.353 e. The number of nitrogens with zero attached hydrogens (tertiary/aromatic N) is 3. The van der Waals surface area contributed by atoms with E-state index in [0.29, 0.717) is 5.69 Å². The van der Waals surface area contributed by atoms with Gasteiger partial charge in [0.25, 0.3) is 5.91 Å². The Morgan fingerprint density at radius 2 is 1.90 bits per heavy atom. The number of carbonyl (C=O) groups excluding carboxylic acids is 1. The average molecular weight is 397 g/mol. The van der Waals surface area contributed by atoms with Gasteiger partial charge in [0, 0.05) is 36.8 Å². The van der Waals surface area contributed by atoms with Gasteiger partial charge in [0.1, 0.15) is 5.69 Å². The molecule has 0 saturated carbocycles. The SMILES string of the molecule is O=C(N[C@@H]1CCCN(c2cc(-c3ccccc3)[nH]n2)C1)c1nccc2ccccc12. The molecule has 5 rings (SSSR count). The van der Waals surface area contributed by atoms with Crippen molar-refractivity contribution >= 4 is 22.5 Å². The summed E-state index contributed by atoms with van der Waals surface area (Å²) in [6, 6.07) is 22.1. The Labute approximate surface area is 174 Å². The highest BCUT2D eigenvalue weighted by Crippen LogP contribution is 2.24. The van der Waals surface area contributed by atoms with Gasteiger partial charge in [0.2, 0.25) is 0 Å². The van der Waals surface area contributed by atoms with Crippen molar-refractivity contribution in [1.29, 1.82) is 0 Å². The van der Waals surface area contributed by atoms with Crippen molar-refractivity contribution in [2.24, 2.45) is 0 Å². The van der Waals surface area contributed by atoms with Crippen molar-refractivity contribution in [2.45, 2.75) is 18.9 Å². The molecule has 2 aromatic heterocycles. The number of anilines is 1. The first-order valence-corrected chi connectivity index (χ1v) is 10.3. The van der Waals surface area contributed by atoms with Crippen molar-refractivity contribution in [3.63, 3.8) is 0 Å². The van der Waals surface area contributed by atoms with E-state index in [2.05, 4.69) is 43.6 Å². The Kier molecular flexibility index (Phi) is 4.89. The second-order valence-corrected chi connectivity index (χ2v) is 7.65. The largest absolute Gasteiger partial charge is 0.353 e. The first-order valence-electron chi connectivity index (χ1n) is 10.3. The molecule has 6 nitrogen and oxygen atoms in total. The van der Waals surface area contributed by atoms with Crippen molar-refractivity contribution in [3.8, 4) is 11.3 Å². The summed E-state index contributed by atoms with van der Waals surface area (Å²) in [5, 5.41) is 12.7. The van der Waals surface area contributed by atoms with Gasteiger partial charge in [-0.25, -0.2) is 0 Å². The van der Waals surface area contributed by atoms with E-state index in [1.165, 1.54) is 0 Å². The molecule has 150 valence electrons. The second kappa shape index (κ2) is 7.99. The number of nitrogens with one attached hydrogen (secondary N) is 2. The fourth-order valence-corrected chi connectivity index (χ4v) is 4.10. The van der Waals surface area contributed by atoms with Crippen LogP contribution >= 0.6 is 0 Å². The van der Waals surface area contributed by atoms with Crippen molar-refractivity contribution in [1.82, 2.24) is 20.5 Å². The predicted molar refractivity (Wildman–Crippen MR) is 118 cm³/mol. The van der Waals surface area contributed by atoms with Crippen LogP contribution in [0.4, 0.5) is 5.82 Å². The normalized spacial score (nSPS) is 16.5. The second-order valence-electron chi connectivity index (χ2n) is 7.65. The first kappa shape index (κ1) is 18.4. The molecule has 1 aliphatic heterocycles. The highest BCUT2D eigenvalue weighted by Gasteiger charge is 2.24. The Bertz CT molecular complexity index is 1170. The van der Waals surface area contributed by atoms with Crippen LogP contribution < -0.4 is 10.2 Å². The molecule has 2 aromatic carbocycles. The summed E-state index contributed by atoms with van der Waals surface area (Å²) < 4.78 is 0. The molecule has 0 unspecified atom stereocenters. The lowest BCUT2D eigenvalue weighted by Crippen LogP contribution is -2.48. The molecule has 6 heteroatoms. The third kappa shape index (κ3) is 3.64. The van der Waals surface area contributed by atoms with Crippen molar-refractivity contribution < 1.29 is 4.79 Å². The van der Waals surface area contributed by atoms with Crippen LogP contribution in [-0.2, 0) is 0 Å². The Morgan fingerprint density at radius 1 is 1.07 bits per heavy atom. The molecule has 1 fully saturated rings. The van der Waals surface area contributed by atoms with Crippen LogP contribution in [0.15, 0.2) is 72.9 Å². The lowest BCUT2D eigenvalue weighted by atomic mass is 10.0. The number of fused-ring (bicyclic) bond motifs is 1. The van der Waals surface area contributed by atoms with Gasteiger partial charge in [-0.15, -0.1) is 0 Å². The van der Waals surface area contributed by atoms with Crippen LogP contribution in [0.5, 0.6) is 0 Å². The molecule has 1 atom stereocenters. The zero-order chi connectivity index (χ0) is 20.3. The third-order valence-corrected chi connectivity index (χ3v) is 5.62. The third-order valence-electron chi connectivity index (χ3n) is 5.62. The van der Waals surface area contributed by atoms with Gasteiger partial charge in [0.15, 0.2) is 5.82 Å². The van der Waals surface area contributed by atoms with Gasteiger partial charge in [-0.3, -0.25) is 14.9 Å². The molecular weight excluding hydrogens is 374 g/mol. The maximum atomic E-state index is 12.9. The number of aromatic nitrogens is 3. The van der Waals surface area contributed by atoms with Gasteiger partial charge >= 0.3 is 0 Å². The minimum atomic E-state index is -0.120. The number of H-pyrrole nitrogens is 1. The average Bonchev–Trinajstić information content (AvgIpc) is 3.30. The first-order chi connectivity index (χ1) is 14.8. The van der Waals surface area contributed by atoms with Gasteiger partial charge in [-0.05, 0) is 29.9 Å². The molecule has 3 heterocycles. The number of benzene rings is 2. The summed E-state index contributed by atoms with van der Waals surface area (Å²) in [4.78, 5) is 19.5. The summed E-state index contributed by atoms with van der Waals surface area (Å²) in [5.41, 5.74) is 2.59. The molecule has 0 radical (unpaired) electrons. The van der Waals surface area contributed by atoms with Crippen molar-refractivity contribution in [2.75, 3.05) is 18.0 Å². The standard InChI is InChI=1S/C24H23N5O/c30-24(23-20-11-5-4-7-17(20)12-13-25-23)26-19-10-6-14-29(16-19)22-15-21(27-28-22)18-8-2-1-3-9-18/h1-5,7-9,11-13,15,19H,6,10,14,16H2,(H,26,30)(H,27,28)/t19-/m1/s1. The van der Waals surface area contributed by atoms with E-state index in [-0.39, 0.29) is 11.9 Å². The molecule has 1 aliphatic rings. The number of piperidine rings is 1. The number of carbonyl (C=O) groups is 1. The molecular formula is C24H23N5O. The van der Waals surface area contributed by atoms with E-state index in [0.717, 1.165) is 53.8 Å². The monoisotopic (exact) mass is 397 g/mol. The number of hydrogen-bond donors (Lipinski definition) is 2. The van der Waals surface area contributed by atoms with Crippen LogP contribution in [0.25, 0.3) is 22.0 Å². The van der Waals surface area contributed by atoms with E-state index >= 15 is 0 Å². The number of hydrogen-bond acceptors (Lipinski definition) is 4. The number of aromatic amines is 1. The van der Waals surface area contributed by atoms with Gasteiger partial charge in [-0.1, -0.05) is 54.6 Å². The molecule has 30 heavy (non-hydrogen) atoms. The lowest BCUT2D eigenvalue weighted by molar-refractivity contribution is 0.0930. The van der Waals surface area contributed by atoms with Crippen LogP contribution in [0.2, 0.25) is 0 Å². The highest BCUT2D eigenvalue weighted by atomic mass is 16.2. The predicted octanol–water partition coefficient (Wildman–Crippen LogP) is 4.02. The molecule has 0 bridgehead atoms. The molecule has 2 N–H and O–H groups in total. The topological polar surface area (TPSA) is 73.9 Å². The van der Waals surface area contributed by atoms with Crippen LogP contribution in [0.1, 0.15) is 23.3 Å². The van der Waals surface area contributed by atoms with E-state index < -0.39 is 0 Å². The minimum absolute atomic E-state index is 0.0592. The summed E-state index contributed by atoms with van der Waals surface area (Å²) in [7, 11) is 0. The Hall–Kier alpha value is -3.67. The van der Waals surface area contributed by atoms with Crippen LogP contribution in [0.3, 0.4) is 0 Å². The fraction of sp³-hybridized carbons (Fsp3) is 0.208. The van der Waals surface area contributed by atoms with Gasteiger partial charge < -0.3 is 10.2 Å². The Morgan fingerprint density at radius 3 is 2.80 bits per heavy atom. The summed E-state index contributed by atoms with van der Waals surface area (Å²) in [6.45, 7) is 1.66. The zero-order valence-electron chi connectivity index (χ0n) is 16.6. The van der Waals surface area contributed by atoms with Gasteiger partial charge in [0.05, 0.1) is 5.69 Å². The molecule has 0 aliphatic carbocycles. The zero-order valence-corrected chi connectivity index (χ0v) is 16.6. The van der Waals surface area contributed by atoms with E-state index in [4.69, 9.17) is 0 Å². The van der Waals surface area contributed by atoms with E-state index in [1.54, 1.807) is 6.20 Å². The Balaban J connectivity index is 1.30. The summed E-state index contributed by atoms with van der Waals surface area (Å²) >= 11 is 0. The summed E-state index contributed by atoms with van der Waals surface area (Å²) in [6.07, 6.45) is 3.64. The molecule has 0 spiro atoms. The fourth-order valence-electron chi connectivity index (χ4n) is 4.10. The van der Waals surface area contributed by atoms with E-state index in [9.17, 15) is 4.79 Å². The number of rotatable bonds is 4.